The number of benzene rings is 1. The van der Waals surface area contributed by atoms with Crippen LogP contribution < -0.4 is 15.3 Å². The molecule has 0 aromatic heterocycles. The van der Waals surface area contributed by atoms with Crippen molar-refractivity contribution < 1.29 is 19.0 Å². The molecule has 98 valence electrons. The zero-order chi connectivity index (χ0) is 13.4. The van der Waals surface area contributed by atoms with E-state index in [2.05, 4.69) is 9.84 Å². The monoisotopic (exact) mass is 252 g/mol. The van der Waals surface area contributed by atoms with Gasteiger partial charge in [-0.15, -0.1) is 0 Å². The lowest BCUT2D eigenvalue weighted by molar-refractivity contribution is -0.142. The number of carbonyl (C=O) groups excluding carboxylic acids is 1. The number of ether oxygens (including phenoxy) is 3. The summed E-state index contributed by atoms with van der Waals surface area (Å²) in [5, 5.41) is 3.43. The summed E-state index contributed by atoms with van der Waals surface area (Å²) in [4.78, 5) is 11.0. The van der Waals surface area contributed by atoms with Crippen LogP contribution in [0.15, 0.2) is 23.3 Å². The zero-order valence-electron chi connectivity index (χ0n) is 10.4. The smallest absolute Gasteiger partial charge is 0.343 e. The molecule has 0 aliphatic carbocycles. The first kappa shape index (κ1) is 13.8. The molecule has 18 heavy (non-hydrogen) atoms. The average Bonchev–Trinajstić information content (AvgIpc) is 2.38. The molecule has 0 heterocycles. The van der Waals surface area contributed by atoms with Crippen molar-refractivity contribution in [3.05, 3.63) is 23.8 Å². The van der Waals surface area contributed by atoms with Crippen LogP contribution in [0.3, 0.4) is 0 Å². The number of nitrogens with zero attached hydrogens (tertiary/aromatic N) is 1. The summed E-state index contributed by atoms with van der Waals surface area (Å²) < 4.78 is 15.2. The van der Waals surface area contributed by atoms with Crippen LogP contribution in [0.25, 0.3) is 0 Å². The van der Waals surface area contributed by atoms with Gasteiger partial charge in [0.1, 0.15) is 0 Å². The highest BCUT2D eigenvalue weighted by Gasteiger charge is 2.08. The van der Waals surface area contributed by atoms with Gasteiger partial charge in [-0.1, -0.05) is 0 Å². The third kappa shape index (κ3) is 3.97. The minimum Gasteiger partial charge on any atom is -0.490 e. The molecule has 0 saturated carbocycles. The minimum atomic E-state index is -0.454. The van der Waals surface area contributed by atoms with E-state index in [0.717, 1.165) is 5.56 Å². The fraction of sp³-hybridized carbons (Fsp3) is 0.333. The van der Waals surface area contributed by atoms with Gasteiger partial charge < -0.3 is 20.1 Å². The van der Waals surface area contributed by atoms with Crippen molar-refractivity contribution >= 4 is 12.2 Å². The van der Waals surface area contributed by atoms with E-state index in [-0.39, 0.29) is 6.61 Å². The quantitative estimate of drug-likeness (QED) is 0.352. The van der Waals surface area contributed by atoms with Crippen molar-refractivity contribution in [2.45, 2.75) is 6.92 Å². The molecular formula is C12H16N2O4. The SMILES string of the molecule is CCOc1cc(C=NN)ccc1OCC(=O)OC. The second-order valence-electron chi connectivity index (χ2n) is 3.28. The van der Waals surface area contributed by atoms with Crippen molar-refractivity contribution in [3.63, 3.8) is 0 Å². The number of rotatable bonds is 6. The van der Waals surface area contributed by atoms with Crippen molar-refractivity contribution in [1.29, 1.82) is 0 Å². The number of methoxy groups -OCH3 is 1. The van der Waals surface area contributed by atoms with Crippen LogP contribution in [0.1, 0.15) is 12.5 Å². The summed E-state index contributed by atoms with van der Waals surface area (Å²) in [6.07, 6.45) is 1.49. The van der Waals surface area contributed by atoms with Gasteiger partial charge in [0.15, 0.2) is 18.1 Å². The molecule has 0 bridgehead atoms. The number of hydrogen-bond donors (Lipinski definition) is 1. The molecule has 0 fully saturated rings. The molecule has 0 aliphatic heterocycles. The number of esters is 1. The Bertz CT molecular complexity index is 432. The molecule has 6 nitrogen and oxygen atoms in total. The van der Waals surface area contributed by atoms with Gasteiger partial charge >= 0.3 is 5.97 Å². The second-order valence-corrected chi connectivity index (χ2v) is 3.28. The third-order valence-electron chi connectivity index (χ3n) is 2.06. The third-order valence-corrected chi connectivity index (χ3v) is 2.06. The minimum absolute atomic E-state index is 0.166. The summed E-state index contributed by atoms with van der Waals surface area (Å²) in [6, 6.07) is 5.17. The van der Waals surface area contributed by atoms with Crippen LogP contribution in [0.4, 0.5) is 0 Å². The Morgan fingerprint density at radius 1 is 1.39 bits per heavy atom. The summed E-state index contributed by atoms with van der Waals surface area (Å²) in [5.74, 6) is 5.62. The molecule has 1 aromatic rings. The maximum atomic E-state index is 11.0. The van der Waals surface area contributed by atoms with Crippen molar-refractivity contribution in [3.8, 4) is 11.5 Å². The molecule has 0 amide bonds. The summed E-state index contributed by atoms with van der Waals surface area (Å²) in [5.41, 5.74) is 0.784. The zero-order valence-corrected chi connectivity index (χ0v) is 10.4. The Kier molecular flexibility index (Phi) is 5.50. The van der Waals surface area contributed by atoms with E-state index in [1.807, 2.05) is 6.92 Å². The van der Waals surface area contributed by atoms with E-state index in [0.29, 0.717) is 18.1 Å². The van der Waals surface area contributed by atoms with E-state index >= 15 is 0 Å². The van der Waals surface area contributed by atoms with Gasteiger partial charge in [-0.2, -0.15) is 5.10 Å². The Morgan fingerprint density at radius 2 is 2.17 bits per heavy atom. The summed E-state index contributed by atoms with van der Waals surface area (Å²) in [6.45, 7) is 2.17. The van der Waals surface area contributed by atoms with Crippen molar-refractivity contribution in [1.82, 2.24) is 0 Å². The second kappa shape index (κ2) is 7.16. The highest BCUT2D eigenvalue weighted by Crippen LogP contribution is 2.28. The topological polar surface area (TPSA) is 83.1 Å². The largest absolute Gasteiger partial charge is 0.490 e. The highest BCUT2D eigenvalue weighted by atomic mass is 16.6. The lowest BCUT2D eigenvalue weighted by Gasteiger charge is -2.11. The van der Waals surface area contributed by atoms with Gasteiger partial charge in [0.2, 0.25) is 0 Å². The first-order valence-corrected chi connectivity index (χ1v) is 5.41. The number of nitrogens with two attached hydrogens (primary N) is 1. The lowest BCUT2D eigenvalue weighted by Crippen LogP contribution is -2.13. The number of hydrogen-bond acceptors (Lipinski definition) is 6. The van der Waals surface area contributed by atoms with E-state index in [9.17, 15) is 4.79 Å². The molecule has 1 aromatic carbocycles. The highest BCUT2D eigenvalue weighted by molar-refractivity contribution is 5.80. The Hall–Kier alpha value is -2.24. The molecule has 0 spiro atoms. The molecule has 2 N–H and O–H groups in total. The van der Waals surface area contributed by atoms with Crippen LogP contribution in [-0.2, 0) is 9.53 Å². The fourth-order valence-corrected chi connectivity index (χ4v) is 1.27. The van der Waals surface area contributed by atoms with Crippen LogP contribution in [0, 0.1) is 0 Å². The lowest BCUT2D eigenvalue weighted by atomic mass is 10.2. The van der Waals surface area contributed by atoms with Gasteiger partial charge in [-0.3, -0.25) is 0 Å². The normalized spacial score (nSPS) is 10.3. The van der Waals surface area contributed by atoms with E-state index in [4.69, 9.17) is 15.3 Å². The van der Waals surface area contributed by atoms with Crippen LogP contribution >= 0.6 is 0 Å². The summed E-state index contributed by atoms with van der Waals surface area (Å²) in [7, 11) is 1.30. The molecular weight excluding hydrogens is 236 g/mol. The Labute approximate surface area is 105 Å². The first-order chi connectivity index (χ1) is 8.71. The number of carbonyl (C=O) groups is 1. The van der Waals surface area contributed by atoms with Gasteiger partial charge in [0, 0.05) is 0 Å². The van der Waals surface area contributed by atoms with Crippen LogP contribution in [0.2, 0.25) is 0 Å². The van der Waals surface area contributed by atoms with Gasteiger partial charge in [-0.05, 0) is 30.7 Å². The molecule has 1 rings (SSSR count). The predicted molar refractivity (Wildman–Crippen MR) is 66.9 cm³/mol. The molecule has 0 aliphatic rings. The number of hydrazone groups is 1. The average molecular weight is 252 g/mol. The van der Waals surface area contributed by atoms with Crippen molar-refractivity contribution in [2.75, 3.05) is 20.3 Å². The van der Waals surface area contributed by atoms with Gasteiger partial charge in [-0.25, -0.2) is 4.79 Å². The standard InChI is InChI=1S/C12H16N2O4/c1-3-17-11-6-9(7-14-13)4-5-10(11)18-8-12(15)16-2/h4-7H,3,8,13H2,1-2H3. The van der Waals surface area contributed by atoms with E-state index in [1.54, 1.807) is 18.2 Å². The van der Waals surface area contributed by atoms with E-state index in [1.165, 1.54) is 13.3 Å². The van der Waals surface area contributed by atoms with Crippen molar-refractivity contribution in [2.24, 2.45) is 10.9 Å². The first-order valence-electron chi connectivity index (χ1n) is 5.41. The fourth-order valence-electron chi connectivity index (χ4n) is 1.27. The summed E-state index contributed by atoms with van der Waals surface area (Å²) >= 11 is 0. The Balaban J connectivity index is 2.85. The van der Waals surface area contributed by atoms with Crippen LogP contribution in [-0.4, -0.2) is 32.5 Å². The molecule has 6 heteroatoms. The van der Waals surface area contributed by atoms with Gasteiger partial charge in [0.25, 0.3) is 0 Å². The maximum Gasteiger partial charge on any atom is 0.343 e. The molecule has 0 unspecified atom stereocenters. The molecule has 0 radical (unpaired) electrons. The van der Waals surface area contributed by atoms with Crippen LogP contribution in [0.5, 0.6) is 11.5 Å². The predicted octanol–water partition coefficient (Wildman–Crippen LogP) is 0.930. The van der Waals surface area contributed by atoms with E-state index < -0.39 is 5.97 Å². The molecule has 0 atom stereocenters. The molecule has 0 saturated heterocycles. The van der Waals surface area contributed by atoms with Gasteiger partial charge in [0.05, 0.1) is 19.9 Å². The maximum absolute atomic E-state index is 11.0. The Morgan fingerprint density at radius 3 is 2.78 bits per heavy atom.